The molecule has 0 radical (unpaired) electrons. The van der Waals surface area contributed by atoms with E-state index in [0.717, 1.165) is 21.3 Å². The molecule has 0 aromatic rings. The lowest BCUT2D eigenvalue weighted by atomic mass is 10.00. The van der Waals surface area contributed by atoms with E-state index in [9.17, 15) is 29.5 Å². The number of rotatable bonds is 5. The summed E-state index contributed by atoms with van der Waals surface area (Å²) in [6, 6.07) is 1.49. The van der Waals surface area contributed by atoms with Gasteiger partial charge in [-0.05, 0) is 6.92 Å². The number of aliphatic hydroxyl groups is 1. The molecule has 10 heteroatoms. The fourth-order valence-electron chi connectivity index (χ4n) is 2.18. The van der Waals surface area contributed by atoms with Crippen LogP contribution in [0.4, 0.5) is 0 Å². The summed E-state index contributed by atoms with van der Waals surface area (Å²) >= 11 is 0. The summed E-state index contributed by atoms with van der Waals surface area (Å²) in [6.07, 6.45) is 0. The molecular formula is C16H15NO9. The zero-order chi connectivity index (χ0) is 20.0. The molecule has 0 fully saturated rings. The lowest BCUT2D eigenvalue weighted by molar-refractivity contribution is -0.140. The number of nitriles is 1. The van der Waals surface area contributed by atoms with E-state index in [1.54, 1.807) is 0 Å². The van der Waals surface area contributed by atoms with Crippen LogP contribution >= 0.6 is 0 Å². The van der Waals surface area contributed by atoms with Gasteiger partial charge in [0, 0.05) is 0 Å². The highest BCUT2D eigenvalue weighted by Crippen LogP contribution is 2.39. The second-order valence-electron chi connectivity index (χ2n) is 4.53. The Morgan fingerprint density at radius 2 is 1.38 bits per heavy atom. The highest BCUT2D eigenvalue weighted by molar-refractivity contribution is 6.18. The number of carbonyl (C=O) groups is 4. The molecular weight excluding hydrogens is 350 g/mol. The molecule has 1 aliphatic carbocycles. The minimum atomic E-state index is -1.19. The molecule has 0 spiro atoms. The second-order valence-corrected chi connectivity index (χ2v) is 4.53. The van der Waals surface area contributed by atoms with Crippen LogP contribution in [0.25, 0.3) is 0 Å². The standard InChI is InChI=1S/C16H15NO9/c1-5-26-13(19)7(6-17)8-9(14(20)23-2)10(15(21)24-3)11(12(8)18)16(22)25-4/h18H,5H2,1-4H3. The molecule has 0 saturated heterocycles. The van der Waals surface area contributed by atoms with Crippen LogP contribution in [0.1, 0.15) is 6.92 Å². The Morgan fingerprint density at radius 3 is 1.81 bits per heavy atom. The topological polar surface area (TPSA) is 149 Å². The van der Waals surface area contributed by atoms with Gasteiger partial charge in [0.1, 0.15) is 23.0 Å². The summed E-state index contributed by atoms with van der Waals surface area (Å²) in [7, 11) is 2.90. The zero-order valence-electron chi connectivity index (χ0n) is 14.4. The fraction of sp³-hybridized carbons (Fsp3) is 0.312. The van der Waals surface area contributed by atoms with Crippen LogP contribution in [0.2, 0.25) is 0 Å². The Balaban J connectivity index is 4.01. The number of hydrogen-bond donors (Lipinski definition) is 1. The van der Waals surface area contributed by atoms with Crippen LogP contribution in [-0.2, 0) is 38.1 Å². The van der Waals surface area contributed by atoms with Crippen molar-refractivity contribution in [1.82, 2.24) is 0 Å². The van der Waals surface area contributed by atoms with Crippen LogP contribution in [-0.4, -0.2) is 56.9 Å². The van der Waals surface area contributed by atoms with Crippen LogP contribution in [0.5, 0.6) is 0 Å². The van der Waals surface area contributed by atoms with Crippen molar-refractivity contribution in [2.24, 2.45) is 0 Å². The first kappa shape index (κ1) is 20.4. The van der Waals surface area contributed by atoms with Gasteiger partial charge in [-0.2, -0.15) is 5.26 Å². The number of esters is 4. The summed E-state index contributed by atoms with van der Waals surface area (Å²) in [5, 5.41) is 19.7. The molecule has 0 saturated carbocycles. The number of hydrogen-bond acceptors (Lipinski definition) is 10. The lowest BCUT2D eigenvalue weighted by Gasteiger charge is -2.09. The number of ether oxygens (including phenoxy) is 4. The predicted molar refractivity (Wildman–Crippen MR) is 82.0 cm³/mol. The Morgan fingerprint density at radius 1 is 0.923 bits per heavy atom. The minimum absolute atomic E-state index is 0.104. The normalized spacial score (nSPS) is 15.2. The van der Waals surface area contributed by atoms with Gasteiger partial charge >= 0.3 is 23.9 Å². The average molecular weight is 365 g/mol. The van der Waals surface area contributed by atoms with Gasteiger partial charge in [-0.15, -0.1) is 0 Å². The minimum Gasteiger partial charge on any atom is -0.506 e. The molecule has 0 aliphatic heterocycles. The first-order valence-electron chi connectivity index (χ1n) is 7.05. The van der Waals surface area contributed by atoms with Gasteiger partial charge in [0.2, 0.25) is 0 Å². The smallest absolute Gasteiger partial charge is 0.349 e. The van der Waals surface area contributed by atoms with Crippen LogP contribution in [0.15, 0.2) is 33.6 Å². The van der Waals surface area contributed by atoms with Gasteiger partial charge in [-0.3, -0.25) is 0 Å². The van der Waals surface area contributed by atoms with Gasteiger partial charge in [-0.25, -0.2) is 19.2 Å². The average Bonchev–Trinajstić information content (AvgIpc) is 2.94. The first-order valence-corrected chi connectivity index (χ1v) is 7.05. The maximum atomic E-state index is 12.2. The number of nitrogens with zero attached hydrogens (tertiary/aromatic N) is 1. The summed E-state index contributed by atoms with van der Waals surface area (Å²) in [5.74, 6) is -5.73. The Bertz CT molecular complexity index is 808. The van der Waals surface area contributed by atoms with Crippen molar-refractivity contribution in [2.75, 3.05) is 27.9 Å². The molecule has 0 aromatic carbocycles. The lowest BCUT2D eigenvalue weighted by Crippen LogP contribution is -2.18. The summed E-state index contributed by atoms with van der Waals surface area (Å²) in [4.78, 5) is 48.3. The zero-order valence-corrected chi connectivity index (χ0v) is 14.4. The number of methoxy groups -OCH3 is 3. The van der Waals surface area contributed by atoms with E-state index < -0.39 is 57.5 Å². The van der Waals surface area contributed by atoms with E-state index in [-0.39, 0.29) is 6.61 Å². The van der Waals surface area contributed by atoms with Crippen molar-refractivity contribution in [3.05, 3.63) is 33.6 Å². The van der Waals surface area contributed by atoms with Crippen molar-refractivity contribution in [1.29, 1.82) is 5.26 Å². The summed E-state index contributed by atoms with van der Waals surface area (Å²) in [5.41, 5.74) is -3.62. The fourth-order valence-corrected chi connectivity index (χ4v) is 2.18. The first-order chi connectivity index (χ1) is 12.3. The van der Waals surface area contributed by atoms with Crippen molar-refractivity contribution >= 4 is 23.9 Å². The van der Waals surface area contributed by atoms with Crippen molar-refractivity contribution < 1.29 is 43.2 Å². The molecule has 0 unspecified atom stereocenters. The Kier molecular flexibility index (Phi) is 6.66. The van der Waals surface area contributed by atoms with Gasteiger partial charge in [0.05, 0.1) is 44.7 Å². The van der Waals surface area contributed by atoms with E-state index in [0.29, 0.717) is 0 Å². The number of allylic oxidation sites excluding steroid dienone is 1. The summed E-state index contributed by atoms with van der Waals surface area (Å²) < 4.78 is 18.3. The second kappa shape index (κ2) is 8.48. The largest absolute Gasteiger partial charge is 0.506 e. The number of carbonyl (C=O) groups excluding carboxylic acids is 4. The monoisotopic (exact) mass is 365 g/mol. The summed E-state index contributed by atoms with van der Waals surface area (Å²) in [6.45, 7) is 1.37. The van der Waals surface area contributed by atoms with Crippen LogP contribution in [0, 0.1) is 11.3 Å². The molecule has 0 bridgehead atoms. The number of aliphatic hydroxyl groups excluding tert-OH is 1. The molecule has 0 atom stereocenters. The van der Waals surface area contributed by atoms with Gasteiger partial charge in [0.15, 0.2) is 0 Å². The van der Waals surface area contributed by atoms with E-state index >= 15 is 0 Å². The molecule has 0 amide bonds. The quantitative estimate of drug-likeness (QED) is 0.305. The van der Waals surface area contributed by atoms with Crippen LogP contribution in [0.3, 0.4) is 0 Å². The molecule has 1 N–H and O–H groups in total. The predicted octanol–water partition coefficient (Wildman–Crippen LogP) is 0.0110. The third-order valence-corrected chi connectivity index (χ3v) is 3.23. The highest BCUT2D eigenvalue weighted by atomic mass is 16.5. The van der Waals surface area contributed by atoms with Crippen molar-refractivity contribution in [3.63, 3.8) is 0 Å². The van der Waals surface area contributed by atoms with E-state index in [1.807, 2.05) is 0 Å². The van der Waals surface area contributed by atoms with Gasteiger partial charge < -0.3 is 24.1 Å². The van der Waals surface area contributed by atoms with Gasteiger partial charge in [-0.1, -0.05) is 0 Å². The van der Waals surface area contributed by atoms with Gasteiger partial charge in [0.25, 0.3) is 0 Å². The van der Waals surface area contributed by atoms with E-state index in [1.165, 1.54) is 13.0 Å². The molecule has 1 rings (SSSR count). The molecule has 138 valence electrons. The Labute approximate surface area is 147 Å². The van der Waals surface area contributed by atoms with Crippen molar-refractivity contribution in [3.8, 4) is 6.07 Å². The third kappa shape index (κ3) is 3.41. The maximum Gasteiger partial charge on any atom is 0.349 e. The molecule has 1 aliphatic rings. The van der Waals surface area contributed by atoms with Crippen molar-refractivity contribution in [2.45, 2.75) is 6.92 Å². The molecule has 0 heterocycles. The molecule has 0 aromatic heterocycles. The molecule has 10 nitrogen and oxygen atoms in total. The Hall–Kier alpha value is -3.61. The SMILES string of the molecule is CCOC(=O)C(C#N)=C1C(O)=C(C(=O)OC)C(C(=O)OC)=C1C(=O)OC. The van der Waals surface area contributed by atoms with E-state index in [4.69, 9.17) is 4.74 Å². The van der Waals surface area contributed by atoms with Crippen LogP contribution < -0.4 is 0 Å². The third-order valence-electron chi connectivity index (χ3n) is 3.23. The molecule has 26 heavy (non-hydrogen) atoms. The van der Waals surface area contributed by atoms with E-state index in [2.05, 4.69) is 14.2 Å². The maximum absolute atomic E-state index is 12.2. The highest BCUT2D eigenvalue weighted by Gasteiger charge is 2.44.